The lowest BCUT2D eigenvalue weighted by Gasteiger charge is -2.26. The van der Waals surface area contributed by atoms with Crippen molar-refractivity contribution in [1.29, 1.82) is 0 Å². The van der Waals surface area contributed by atoms with Crippen molar-refractivity contribution in [3.63, 3.8) is 0 Å². The van der Waals surface area contributed by atoms with Gasteiger partial charge in [-0.1, -0.05) is 57.7 Å². The van der Waals surface area contributed by atoms with Crippen LogP contribution in [0.1, 0.15) is 87.5 Å². The Morgan fingerprint density at radius 2 is 1.92 bits per heavy atom. The smallest absolute Gasteiger partial charge is 0.127 e. The molecule has 4 heteroatoms. The van der Waals surface area contributed by atoms with Gasteiger partial charge in [-0.2, -0.15) is 11.8 Å². The van der Waals surface area contributed by atoms with Gasteiger partial charge in [-0.3, -0.25) is 0 Å². The summed E-state index contributed by atoms with van der Waals surface area (Å²) in [5.41, 5.74) is 2.37. The third-order valence-electron chi connectivity index (χ3n) is 5.21. The van der Waals surface area contributed by atoms with Crippen LogP contribution in [0.4, 0.5) is 0 Å². The Balaban J connectivity index is 2.32. The first kappa shape index (κ1) is 21.6. The fourth-order valence-electron chi connectivity index (χ4n) is 3.80. The maximum absolute atomic E-state index is 10.5. The van der Waals surface area contributed by atoms with Crippen LogP contribution in [0.15, 0.2) is 18.2 Å². The van der Waals surface area contributed by atoms with Crippen LogP contribution in [0.2, 0.25) is 0 Å². The Morgan fingerprint density at radius 1 is 1.15 bits per heavy atom. The van der Waals surface area contributed by atoms with Gasteiger partial charge in [-0.15, -0.1) is 0 Å². The predicted molar refractivity (Wildman–Crippen MR) is 111 cm³/mol. The average Bonchev–Trinajstić information content (AvgIpc) is 3.20. The third-order valence-corrected chi connectivity index (χ3v) is 6.78. The van der Waals surface area contributed by atoms with Crippen molar-refractivity contribution < 1.29 is 14.9 Å². The van der Waals surface area contributed by atoms with Gasteiger partial charge in [-0.05, 0) is 42.9 Å². The number of thioether (sulfide) groups is 1. The van der Waals surface area contributed by atoms with Crippen LogP contribution in [0, 0.1) is 0 Å². The van der Waals surface area contributed by atoms with Gasteiger partial charge in [-0.25, -0.2) is 0 Å². The molecule has 3 nitrogen and oxygen atoms in total. The van der Waals surface area contributed by atoms with E-state index in [4.69, 9.17) is 4.74 Å². The van der Waals surface area contributed by atoms with Gasteiger partial charge in [0, 0.05) is 5.56 Å². The van der Waals surface area contributed by atoms with Gasteiger partial charge >= 0.3 is 0 Å². The molecule has 2 unspecified atom stereocenters. The van der Waals surface area contributed by atoms with Crippen LogP contribution in [-0.2, 0) is 0 Å². The van der Waals surface area contributed by atoms with E-state index in [1.54, 1.807) is 11.8 Å². The molecule has 1 aromatic carbocycles. The van der Waals surface area contributed by atoms with Gasteiger partial charge < -0.3 is 14.9 Å². The second-order valence-corrected chi connectivity index (χ2v) is 8.59. The number of ether oxygens (including phenoxy) is 1. The predicted octanol–water partition coefficient (Wildman–Crippen LogP) is 5.45. The third kappa shape index (κ3) is 5.90. The molecule has 0 radical (unpaired) electrons. The second-order valence-electron chi connectivity index (χ2n) is 7.34. The quantitative estimate of drug-likeness (QED) is 0.473. The summed E-state index contributed by atoms with van der Waals surface area (Å²) in [6.45, 7) is 4.86. The monoisotopic (exact) mass is 380 g/mol. The topological polar surface area (TPSA) is 49.7 Å². The normalized spacial score (nSPS) is 17.4. The highest BCUT2D eigenvalue weighted by Gasteiger charge is 2.28. The standard InChI is InChI=1S/C22H36O3S/c1-3-5-8-14-25-21-18(17-10-6-7-11-17)12-9-13-19(21)22(20(24)16-23)26-15-4-2/h9,12-13,17,20,22-24H,3-8,10-11,14-16H2,1-2H3. The van der Waals surface area contributed by atoms with Gasteiger partial charge in [0.2, 0.25) is 0 Å². The highest BCUT2D eigenvalue weighted by atomic mass is 32.2. The van der Waals surface area contributed by atoms with Crippen molar-refractivity contribution in [3.05, 3.63) is 29.3 Å². The van der Waals surface area contributed by atoms with Crippen molar-refractivity contribution in [1.82, 2.24) is 0 Å². The molecule has 2 N–H and O–H groups in total. The van der Waals surface area contributed by atoms with Crippen molar-refractivity contribution in [2.24, 2.45) is 0 Å². The van der Waals surface area contributed by atoms with E-state index in [2.05, 4.69) is 32.0 Å². The summed E-state index contributed by atoms with van der Waals surface area (Å²) in [7, 11) is 0. The maximum Gasteiger partial charge on any atom is 0.127 e. The summed E-state index contributed by atoms with van der Waals surface area (Å²) in [6.07, 6.45) is 8.73. The number of hydrogen-bond donors (Lipinski definition) is 2. The van der Waals surface area contributed by atoms with Crippen LogP contribution in [-0.4, -0.2) is 35.3 Å². The molecule has 148 valence electrons. The number of rotatable bonds is 12. The highest BCUT2D eigenvalue weighted by Crippen LogP contribution is 2.45. The molecule has 1 fully saturated rings. The first-order chi connectivity index (χ1) is 12.7. The molecule has 1 saturated carbocycles. The number of aliphatic hydroxyl groups is 2. The summed E-state index contributed by atoms with van der Waals surface area (Å²) in [6, 6.07) is 6.40. The fraction of sp³-hybridized carbons (Fsp3) is 0.727. The first-order valence-electron chi connectivity index (χ1n) is 10.4. The van der Waals surface area contributed by atoms with E-state index in [9.17, 15) is 10.2 Å². The Labute approximate surface area is 163 Å². The van der Waals surface area contributed by atoms with Crippen molar-refractivity contribution in [3.8, 4) is 5.75 Å². The Hall–Kier alpha value is -0.710. The maximum atomic E-state index is 10.5. The zero-order chi connectivity index (χ0) is 18.8. The molecule has 1 aliphatic rings. The van der Waals surface area contributed by atoms with E-state index in [1.807, 2.05) is 0 Å². The summed E-state index contributed by atoms with van der Waals surface area (Å²) >= 11 is 1.73. The van der Waals surface area contributed by atoms with Gasteiger partial charge in [0.25, 0.3) is 0 Å². The van der Waals surface area contributed by atoms with Crippen molar-refractivity contribution in [2.45, 2.75) is 82.5 Å². The largest absolute Gasteiger partial charge is 0.493 e. The van der Waals surface area contributed by atoms with Crippen LogP contribution in [0.5, 0.6) is 5.75 Å². The van der Waals surface area contributed by atoms with Gasteiger partial charge in [0.15, 0.2) is 0 Å². The molecule has 1 aliphatic carbocycles. The molecule has 0 bridgehead atoms. The molecule has 0 aromatic heterocycles. The Morgan fingerprint density at radius 3 is 2.58 bits per heavy atom. The van der Waals surface area contributed by atoms with E-state index in [1.165, 1.54) is 44.1 Å². The molecule has 0 saturated heterocycles. The molecule has 0 amide bonds. The summed E-state index contributed by atoms with van der Waals surface area (Å²) in [4.78, 5) is 0. The number of unbranched alkanes of at least 4 members (excludes halogenated alkanes) is 2. The minimum Gasteiger partial charge on any atom is -0.493 e. The molecule has 2 rings (SSSR count). The molecule has 2 atom stereocenters. The molecular weight excluding hydrogens is 344 g/mol. The number of benzene rings is 1. The lowest BCUT2D eigenvalue weighted by Crippen LogP contribution is -2.22. The Bertz CT molecular complexity index is 514. The number of aliphatic hydroxyl groups excluding tert-OH is 2. The SMILES string of the molecule is CCCCCOc1c(C2CCCC2)cccc1C(SCCC)C(O)CO. The first-order valence-corrected chi connectivity index (χ1v) is 11.4. The van der Waals surface area contributed by atoms with Gasteiger partial charge in [0.05, 0.1) is 24.6 Å². The van der Waals surface area contributed by atoms with Crippen LogP contribution in [0.25, 0.3) is 0 Å². The molecule has 0 aliphatic heterocycles. The molecular formula is C22H36O3S. The van der Waals surface area contributed by atoms with Gasteiger partial charge in [0.1, 0.15) is 5.75 Å². The summed E-state index contributed by atoms with van der Waals surface area (Å²) in [5.74, 6) is 2.51. The molecule has 26 heavy (non-hydrogen) atoms. The fourth-order valence-corrected chi connectivity index (χ4v) is 4.96. The molecule has 0 heterocycles. The highest BCUT2D eigenvalue weighted by molar-refractivity contribution is 7.99. The minimum absolute atomic E-state index is 0.137. The van der Waals surface area contributed by atoms with Crippen LogP contribution < -0.4 is 4.74 Å². The second kappa shape index (κ2) is 11.9. The lowest BCUT2D eigenvalue weighted by atomic mass is 9.92. The van der Waals surface area contributed by atoms with Crippen LogP contribution in [0.3, 0.4) is 0 Å². The lowest BCUT2D eigenvalue weighted by molar-refractivity contribution is 0.0923. The number of hydrogen-bond acceptors (Lipinski definition) is 4. The molecule has 1 aromatic rings. The van der Waals surface area contributed by atoms with E-state index >= 15 is 0 Å². The van der Waals surface area contributed by atoms with Crippen molar-refractivity contribution in [2.75, 3.05) is 19.0 Å². The Kier molecular flexibility index (Phi) is 9.87. The summed E-state index contributed by atoms with van der Waals surface area (Å²) < 4.78 is 6.33. The van der Waals surface area contributed by atoms with E-state index < -0.39 is 6.10 Å². The summed E-state index contributed by atoms with van der Waals surface area (Å²) in [5, 5.41) is 19.9. The molecule has 0 spiro atoms. The van der Waals surface area contributed by atoms with E-state index in [0.29, 0.717) is 5.92 Å². The van der Waals surface area contributed by atoms with E-state index in [-0.39, 0.29) is 11.9 Å². The van der Waals surface area contributed by atoms with E-state index in [0.717, 1.165) is 36.5 Å². The zero-order valence-electron chi connectivity index (χ0n) is 16.5. The minimum atomic E-state index is -0.761. The van der Waals surface area contributed by atoms with Crippen molar-refractivity contribution >= 4 is 11.8 Å². The van der Waals surface area contributed by atoms with Crippen LogP contribution >= 0.6 is 11.8 Å². The number of para-hydroxylation sites is 1. The average molecular weight is 381 g/mol. The zero-order valence-corrected chi connectivity index (χ0v) is 17.3.